The molecule has 2 N–H and O–H groups in total. The van der Waals surface area contributed by atoms with Crippen LogP contribution in [-0.4, -0.2) is 79.4 Å². The van der Waals surface area contributed by atoms with Crippen LogP contribution in [0.2, 0.25) is 0 Å². The number of carbonyl (C=O) groups is 2. The Morgan fingerprint density at radius 3 is 2.54 bits per heavy atom. The zero-order valence-corrected chi connectivity index (χ0v) is 27.4. The Kier molecular flexibility index (Phi) is 7.26. The van der Waals surface area contributed by atoms with Crippen molar-refractivity contribution in [3.05, 3.63) is 59.7 Å². The third-order valence-electron chi connectivity index (χ3n) is 10.7. The molecule has 12 nitrogen and oxygen atoms in total. The zero-order valence-electron chi connectivity index (χ0n) is 27.4. The summed E-state index contributed by atoms with van der Waals surface area (Å²) in [5, 5.41) is 5.62. The minimum absolute atomic E-state index is 0.0549. The van der Waals surface area contributed by atoms with Crippen molar-refractivity contribution in [1.82, 2.24) is 29.6 Å². The molecular formula is C35H39FN8O4. The molecule has 9 rings (SSSR count). The molecule has 3 aromatic heterocycles. The van der Waals surface area contributed by atoms with Gasteiger partial charge in [0.2, 0.25) is 0 Å². The fraction of sp³-hybridized carbons (Fsp3) is 0.486. The average Bonchev–Trinajstić information content (AvgIpc) is 3.45. The molecule has 2 amide bonds. The SMILES string of the molecule is COC12CC(N3CCC(n4ncc5c(-c6ccc7c(c6)OCC(=O)N7Cc6ncc(F)cn6)c(C(N)=O)c(CC(C)C)nc54)CC3)(C1)C2. The number of halogens is 1. The van der Waals surface area contributed by atoms with Gasteiger partial charge >= 0.3 is 0 Å². The second-order valence-electron chi connectivity index (χ2n) is 14.2. The number of aromatic nitrogens is 5. The summed E-state index contributed by atoms with van der Waals surface area (Å²) in [5.41, 5.74) is 10.1. The van der Waals surface area contributed by atoms with Gasteiger partial charge in [-0.1, -0.05) is 19.9 Å². The molecule has 1 aromatic carbocycles. The Morgan fingerprint density at radius 1 is 1.15 bits per heavy atom. The smallest absolute Gasteiger partial charge is 0.265 e. The number of primary amides is 1. The van der Waals surface area contributed by atoms with E-state index in [0.29, 0.717) is 51.6 Å². The molecule has 3 saturated carbocycles. The first kappa shape index (κ1) is 30.8. The van der Waals surface area contributed by atoms with E-state index in [-0.39, 0.29) is 36.6 Å². The van der Waals surface area contributed by atoms with E-state index in [1.165, 1.54) is 4.90 Å². The summed E-state index contributed by atoms with van der Waals surface area (Å²) in [4.78, 5) is 43.4. The quantitative estimate of drug-likeness (QED) is 0.281. The monoisotopic (exact) mass is 654 g/mol. The van der Waals surface area contributed by atoms with Crippen LogP contribution in [0.3, 0.4) is 0 Å². The lowest BCUT2D eigenvalue weighted by atomic mass is 9.45. The van der Waals surface area contributed by atoms with Gasteiger partial charge in [-0.2, -0.15) is 5.10 Å². The van der Waals surface area contributed by atoms with E-state index in [2.05, 4.69) is 28.7 Å². The number of pyridine rings is 1. The van der Waals surface area contributed by atoms with E-state index in [1.54, 1.807) is 12.3 Å². The van der Waals surface area contributed by atoms with E-state index >= 15 is 0 Å². The predicted octanol–water partition coefficient (Wildman–Crippen LogP) is 4.21. The van der Waals surface area contributed by atoms with Crippen molar-refractivity contribution < 1.29 is 23.5 Å². The lowest BCUT2D eigenvalue weighted by molar-refractivity contribution is -0.282. The molecule has 250 valence electrons. The number of piperidine rings is 1. The number of hydrogen-bond acceptors (Lipinski definition) is 9. The van der Waals surface area contributed by atoms with Crippen molar-refractivity contribution in [3.63, 3.8) is 0 Å². The Hall–Kier alpha value is -4.49. The van der Waals surface area contributed by atoms with Crippen LogP contribution in [0.15, 0.2) is 36.8 Å². The second kappa shape index (κ2) is 11.3. The van der Waals surface area contributed by atoms with Crippen LogP contribution in [0.5, 0.6) is 5.75 Å². The molecule has 2 bridgehead atoms. The molecule has 5 aliphatic rings. The fourth-order valence-corrected chi connectivity index (χ4v) is 8.35. The van der Waals surface area contributed by atoms with Crippen LogP contribution in [-0.2, 0) is 22.5 Å². The van der Waals surface area contributed by atoms with Crippen LogP contribution in [0.4, 0.5) is 10.1 Å². The van der Waals surface area contributed by atoms with Crippen LogP contribution < -0.4 is 15.4 Å². The number of ether oxygens (including phenoxy) is 2. The summed E-state index contributed by atoms with van der Waals surface area (Å²) in [7, 11) is 1.83. The number of nitrogens with zero attached hydrogens (tertiary/aromatic N) is 7. The molecule has 5 heterocycles. The molecule has 0 unspecified atom stereocenters. The number of anilines is 1. The average molecular weight is 655 g/mol. The maximum atomic E-state index is 13.4. The van der Waals surface area contributed by atoms with Gasteiger partial charge in [-0.25, -0.2) is 24.0 Å². The normalized spacial score (nSPS) is 23.9. The third-order valence-corrected chi connectivity index (χ3v) is 10.7. The maximum absolute atomic E-state index is 13.4. The van der Waals surface area contributed by atoms with Gasteiger partial charge in [0.15, 0.2) is 18.1 Å². The highest BCUT2D eigenvalue weighted by Crippen LogP contribution is 2.65. The largest absolute Gasteiger partial charge is 0.482 e. The second-order valence-corrected chi connectivity index (χ2v) is 14.2. The lowest BCUT2D eigenvalue weighted by Crippen LogP contribution is -2.79. The number of benzene rings is 1. The van der Waals surface area contributed by atoms with Gasteiger partial charge < -0.3 is 15.2 Å². The molecule has 3 aliphatic carbocycles. The zero-order chi connectivity index (χ0) is 33.4. The van der Waals surface area contributed by atoms with Crippen LogP contribution in [0.1, 0.15) is 73.9 Å². The lowest BCUT2D eigenvalue weighted by Gasteiger charge is -2.73. The Morgan fingerprint density at radius 2 is 1.88 bits per heavy atom. The van der Waals surface area contributed by atoms with E-state index in [4.69, 9.17) is 25.3 Å². The van der Waals surface area contributed by atoms with Gasteiger partial charge in [0.05, 0.1) is 53.7 Å². The van der Waals surface area contributed by atoms with E-state index < -0.39 is 11.7 Å². The van der Waals surface area contributed by atoms with Gasteiger partial charge in [0.25, 0.3) is 11.8 Å². The molecule has 0 atom stereocenters. The number of hydrogen-bond donors (Lipinski definition) is 1. The topological polar surface area (TPSA) is 142 Å². The summed E-state index contributed by atoms with van der Waals surface area (Å²) < 4.78 is 27.1. The molecule has 48 heavy (non-hydrogen) atoms. The summed E-state index contributed by atoms with van der Waals surface area (Å²) in [6.07, 6.45) is 9.80. The molecule has 0 spiro atoms. The minimum atomic E-state index is -0.563. The number of carbonyl (C=O) groups excluding carboxylic acids is 2. The Labute approximate surface area is 277 Å². The Bertz CT molecular complexity index is 1920. The van der Waals surface area contributed by atoms with Crippen molar-refractivity contribution in [1.29, 1.82) is 0 Å². The summed E-state index contributed by atoms with van der Waals surface area (Å²) >= 11 is 0. The van der Waals surface area contributed by atoms with Crippen LogP contribution >= 0.6 is 0 Å². The van der Waals surface area contributed by atoms with E-state index in [9.17, 15) is 14.0 Å². The first-order valence-corrected chi connectivity index (χ1v) is 16.6. The molecule has 2 aliphatic heterocycles. The molecular weight excluding hydrogens is 615 g/mol. The standard InChI is InChI=1S/C35H39FN8O4/c1-20(2)10-25-31(32(37)46)30(21-4-5-26-27(11-21)48-16-29(45)43(26)15-28-38-12-22(36)13-39-28)24-14-40-44(33(24)41-25)23-6-8-42(9-7-23)34-17-35(18-34,19-34)47-3/h4-5,11-14,20,23H,6-10,15-19H2,1-3H3,(H2,37,46). The summed E-state index contributed by atoms with van der Waals surface area (Å²) in [6.45, 7) is 6.04. The first-order chi connectivity index (χ1) is 23.1. The van der Waals surface area contributed by atoms with Crippen molar-refractivity contribution in [3.8, 4) is 16.9 Å². The van der Waals surface area contributed by atoms with Crippen molar-refractivity contribution in [2.24, 2.45) is 11.7 Å². The third kappa shape index (κ3) is 4.93. The van der Waals surface area contributed by atoms with Crippen molar-refractivity contribution >= 4 is 28.5 Å². The molecule has 1 saturated heterocycles. The maximum Gasteiger partial charge on any atom is 0.265 e. The highest BCUT2D eigenvalue weighted by Gasteiger charge is 2.70. The summed E-state index contributed by atoms with van der Waals surface area (Å²) in [6, 6.07) is 5.64. The van der Waals surface area contributed by atoms with Gasteiger partial charge in [0.1, 0.15) is 11.6 Å². The number of amides is 2. The number of methoxy groups -OCH3 is 1. The van der Waals surface area contributed by atoms with Gasteiger partial charge in [-0.3, -0.25) is 19.4 Å². The predicted molar refractivity (Wildman–Crippen MR) is 175 cm³/mol. The molecule has 13 heteroatoms. The Balaban J connectivity index is 1.16. The van der Waals surface area contributed by atoms with Crippen molar-refractivity contribution in [2.75, 3.05) is 31.7 Å². The van der Waals surface area contributed by atoms with Gasteiger partial charge in [-0.05, 0) is 62.1 Å². The van der Waals surface area contributed by atoms with Gasteiger partial charge in [-0.15, -0.1) is 0 Å². The van der Waals surface area contributed by atoms with Crippen molar-refractivity contribution in [2.45, 2.75) is 76.1 Å². The molecule has 4 aromatic rings. The highest BCUT2D eigenvalue weighted by atomic mass is 19.1. The highest BCUT2D eigenvalue weighted by molar-refractivity contribution is 6.09. The number of likely N-dealkylation sites (tertiary alicyclic amines) is 1. The number of fused-ring (bicyclic) bond motifs is 2. The van der Waals surface area contributed by atoms with E-state index in [0.717, 1.165) is 68.6 Å². The van der Waals surface area contributed by atoms with Crippen LogP contribution in [0.25, 0.3) is 22.2 Å². The molecule has 0 radical (unpaired) electrons. The minimum Gasteiger partial charge on any atom is -0.482 e. The fourth-order valence-electron chi connectivity index (χ4n) is 8.35. The summed E-state index contributed by atoms with van der Waals surface area (Å²) in [5.74, 6) is -0.402. The number of rotatable bonds is 9. The molecule has 4 fully saturated rings. The van der Waals surface area contributed by atoms with E-state index in [1.807, 2.05) is 23.9 Å². The van der Waals surface area contributed by atoms with Gasteiger partial charge in [0, 0.05) is 36.7 Å². The van der Waals surface area contributed by atoms with Crippen LogP contribution in [0, 0.1) is 11.7 Å². The number of nitrogens with two attached hydrogens (primary N) is 1. The first-order valence-electron chi connectivity index (χ1n) is 16.6.